The Morgan fingerprint density at radius 2 is 2.05 bits per heavy atom. The Hall–Kier alpha value is -1.82. The van der Waals surface area contributed by atoms with E-state index in [0.717, 1.165) is 12.8 Å². The molecule has 1 aromatic rings. The first-order valence-corrected chi connectivity index (χ1v) is 6.42. The number of hydrogen-bond acceptors (Lipinski definition) is 4. The van der Waals surface area contributed by atoms with Crippen molar-refractivity contribution >= 4 is 29.1 Å². The first-order valence-electron chi connectivity index (χ1n) is 6.05. The van der Waals surface area contributed by atoms with Crippen molar-refractivity contribution in [1.29, 1.82) is 0 Å². The second kappa shape index (κ2) is 5.88. The summed E-state index contributed by atoms with van der Waals surface area (Å²) in [7, 11) is 0. The quantitative estimate of drug-likeness (QED) is 0.543. The second-order valence-electron chi connectivity index (χ2n) is 4.42. The lowest BCUT2D eigenvalue weighted by Crippen LogP contribution is -2.35. The predicted octanol–water partition coefficient (Wildman–Crippen LogP) is 0.573. The van der Waals surface area contributed by atoms with E-state index in [1.807, 2.05) is 0 Å². The van der Waals surface area contributed by atoms with Gasteiger partial charge in [-0.25, -0.2) is 4.98 Å². The van der Waals surface area contributed by atoms with Crippen molar-refractivity contribution in [3.8, 4) is 0 Å². The molecular formula is C12H15ClN4O2. The number of rotatable bonds is 5. The van der Waals surface area contributed by atoms with E-state index in [1.54, 1.807) is 0 Å². The van der Waals surface area contributed by atoms with E-state index in [1.165, 1.54) is 12.3 Å². The zero-order chi connectivity index (χ0) is 13.8. The molecule has 1 fully saturated rings. The fourth-order valence-corrected chi connectivity index (χ4v) is 1.74. The Labute approximate surface area is 115 Å². The van der Waals surface area contributed by atoms with Crippen molar-refractivity contribution in [3.63, 3.8) is 0 Å². The van der Waals surface area contributed by atoms with Gasteiger partial charge in [0.15, 0.2) is 0 Å². The van der Waals surface area contributed by atoms with Crippen molar-refractivity contribution < 1.29 is 9.59 Å². The van der Waals surface area contributed by atoms with Gasteiger partial charge >= 0.3 is 0 Å². The number of carbonyl (C=O) groups excluding carboxylic acids is 2. The van der Waals surface area contributed by atoms with Crippen molar-refractivity contribution in [2.24, 2.45) is 5.92 Å². The number of anilines is 1. The Bertz CT molecular complexity index is 503. The van der Waals surface area contributed by atoms with Crippen LogP contribution < -0.4 is 16.4 Å². The third kappa shape index (κ3) is 3.82. The summed E-state index contributed by atoms with van der Waals surface area (Å²) in [5.41, 5.74) is 6.19. The minimum absolute atomic E-state index is 0.0562. The van der Waals surface area contributed by atoms with Gasteiger partial charge in [0.2, 0.25) is 5.91 Å². The van der Waals surface area contributed by atoms with E-state index >= 15 is 0 Å². The minimum Gasteiger partial charge on any atom is -0.397 e. The molecule has 0 atom stereocenters. The number of halogens is 1. The van der Waals surface area contributed by atoms with Gasteiger partial charge in [-0.05, 0) is 18.9 Å². The highest BCUT2D eigenvalue weighted by molar-refractivity contribution is 6.29. The van der Waals surface area contributed by atoms with Gasteiger partial charge in [-0.3, -0.25) is 9.59 Å². The maximum Gasteiger partial charge on any atom is 0.253 e. The van der Waals surface area contributed by atoms with Gasteiger partial charge in [0.05, 0.1) is 17.4 Å². The van der Waals surface area contributed by atoms with Gasteiger partial charge in [-0.15, -0.1) is 0 Å². The lowest BCUT2D eigenvalue weighted by atomic mass is 10.2. The summed E-state index contributed by atoms with van der Waals surface area (Å²) in [5, 5.41) is 5.63. The maximum absolute atomic E-state index is 11.8. The number of pyridine rings is 1. The molecule has 1 heterocycles. The summed E-state index contributed by atoms with van der Waals surface area (Å²) in [4.78, 5) is 26.9. The molecule has 1 saturated carbocycles. The average molecular weight is 283 g/mol. The Kier molecular flexibility index (Phi) is 4.21. The summed E-state index contributed by atoms with van der Waals surface area (Å²) in [6.45, 7) is 0.746. The molecule has 7 heteroatoms. The van der Waals surface area contributed by atoms with Gasteiger partial charge in [-0.2, -0.15) is 0 Å². The molecule has 1 aliphatic carbocycles. The smallest absolute Gasteiger partial charge is 0.253 e. The van der Waals surface area contributed by atoms with Crippen molar-refractivity contribution in [2.75, 3.05) is 18.8 Å². The van der Waals surface area contributed by atoms with Gasteiger partial charge in [0.1, 0.15) is 5.15 Å². The van der Waals surface area contributed by atoms with Crippen molar-refractivity contribution in [1.82, 2.24) is 15.6 Å². The van der Waals surface area contributed by atoms with E-state index in [0.29, 0.717) is 13.1 Å². The van der Waals surface area contributed by atoms with Crippen LogP contribution in [0.3, 0.4) is 0 Å². The zero-order valence-corrected chi connectivity index (χ0v) is 11.0. The average Bonchev–Trinajstić information content (AvgIpc) is 3.21. The van der Waals surface area contributed by atoms with E-state index in [9.17, 15) is 9.59 Å². The maximum atomic E-state index is 11.8. The largest absolute Gasteiger partial charge is 0.397 e. The highest BCUT2D eigenvalue weighted by Crippen LogP contribution is 2.28. The monoisotopic (exact) mass is 282 g/mol. The first-order chi connectivity index (χ1) is 9.08. The number of nitrogens with two attached hydrogens (primary N) is 1. The molecule has 102 valence electrons. The molecule has 1 aromatic heterocycles. The van der Waals surface area contributed by atoms with Crippen LogP contribution in [0, 0.1) is 5.92 Å². The number of carbonyl (C=O) groups is 2. The third-order valence-corrected chi connectivity index (χ3v) is 3.01. The molecule has 19 heavy (non-hydrogen) atoms. The summed E-state index contributed by atoms with van der Waals surface area (Å²) in [5.74, 6) is -0.103. The molecule has 6 nitrogen and oxygen atoms in total. The van der Waals surface area contributed by atoms with Gasteiger partial charge in [-0.1, -0.05) is 11.6 Å². The van der Waals surface area contributed by atoms with Crippen LogP contribution in [0.4, 0.5) is 5.69 Å². The molecule has 1 aliphatic rings. The number of hydrogen-bond donors (Lipinski definition) is 3. The molecule has 4 N–H and O–H groups in total. The standard InChI is InChI=1S/C12H15ClN4O2/c13-10-5-8(9(14)6-17-10)12(19)16-4-3-15-11(18)7-1-2-7/h5-7H,1-4,14H2,(H,15,18)(H,16,19). The molecule has 0 saturated heterocycles. The van der Waals surface area contributed by atoms with Crippen molar-refractivity contribution in [3.05, 3.63) is 23.0 Å². The lowest BCUT2D eigenvalue weighted by molar-refractivity contribution is -0.122. The predicted molar refractivity (Wildman–Crippen MR) is 71.7 cm³/mol. The molecule has 2 rings (SSSR count). The minimum atomic E-state index is -0.331. The Morgan fingerprint density at radius 1 is 1.37 bits per heavy atom. The number of aromatic nitrogens is 1. The summed E-state index contributed by atoms with van der Waals surface area (Å²) < 4.78 is 0. The SMILES string of the molecule is Nc1cnc(Cl)cc1C(=O)NCCNC(=O)C1CC1. The van der Waals surface area contributed by atoms with E-state index in [4.69, 9.17) is 17.3 Å². The zero-order valence-electron chi connectivity index (χ0n) is 10.3. The van der Waals surface area contributed by atoms with Crippen LogP contribution in [0.1, 0.15) is 23.2 Å². The van der Waals surface area contributed by atoms with Crippen LogP contribution >= 0.6 is 11.6 Å². The van der Waals surface area contributed by atoms with Crippen molar-refractivity contribution in [2.45, 2.75) is 12.8 Å². The first kappa shape index (κ1) is 13.6. The number of amides is 2. The number of nitrogens with zero attached hydrogens (tertiary/aromatic N) is 1. The fourth-order valence-electron chi connectivity index (χ4n) is 1.58. The summed E-state index contributed by atoms with van der Waals surface area (Å²) in [6, 6.07) is 1.41. The number of nitrogens with one attached hydrogen (secondary N) is 2. The highest BCUT2D eigenvalue weighted by Gasteiger charge is 2.28. The molecule has 0 spiro atoms. The molecule has 0 aliphatic heterocycles. The van der Waals surface area contributed by atoms with Gasteiger partial charge in [0.25, 0.3) is 5.91 Å². The van der Waals surface area contributed by atoms with Crippen LogP contribution in [0.5, 0.6) is 0 Å². The summed E-state index contributed by atoms with van der Waals surface area (Å²) >= 11 is 5.70. The summed E-state index contributed by atoms with van der Waals surface area (Å²) in [6.07, 6.45) is 3.26. The van der Waals surface area contributed by atoms with E-state index in [2.05, 4.69) is 15.6 Å². The van der Waals surface area contributed by atoms with E-state index in [-0.39, 0.29) is 34.1 Å². The van der Waals surface area contributed by atoms with Crippen LogP contribution in [-0.4, -0.2) is 29.9 Å². The normalized spacial score (nSPS) is 13.9. The Balaban J connectivity index is 1.77. The topological polar surface area (TPSA) is 97.1 Å². The molecule has 0 bridgehead atoms. The van der Waals surface area contributed by atoms with Crippen LogP contribution in [0.2, 0.25) is 5.15 Å². The molecule has 2 amide bonds. The van der Waals surface area contributed by atoms with Gasteiger partial charge in [0, 0.05) is 19.0 Å². The van der Waals surface area contributed by atoms with E-state index < -0.39 is 0 Å². The number of nitrogen functional groups attached to an aromatic ring is 1. The molecule has 0 unspecified atom stereocenters. The Morgan fingerprint density at radius 3 is 2.74 bits per heavy atom. The highest BCUT2D eigenvalue weighted by atomic mass is 35.5. The van der Waals surface area contributed by atoms with Crippen LogP contribution in [-0.2, 0) is 4.79 Å². The van der Waals surface area contributed by atoms with Crippen LogP contribution in [0.25, 0.3) is 0 Å². The van der Waals surface area contributed by atoms with Gasteiger partial charge < -0.3 is 16.4 Å². The fraction of sp³-hybridized carbons (Fsp3) is 0.417. The van der Waals surface area contributed by atoms with Crippen LogP contribution in [0.15, 0.2) is 12.3 Å². The third-order valence-electron chi connectivity index (χ3n) is 2.80. The lowest BCUT2D eigenvalue weighted by Gasteiger charge is -2.08. The molecule has 0 aromatic carbocycles. The molecule has 0 radical (unpaired) electrons. The molecular weight excluding hydrogens is 268 g/mol. The second-order valence-corrected chi connectivity index (χ2v) is 4.80.